The Morgan fingerprint density at radius 3 is 2.40 bits per heavy atom. The van der Waals surface area contributed by atoms with Crippen LogP contribution in [-0.2, 0) is 4.79 Å². The molecule has 25 heavy (non-hydrogen) atoms. The van der Waals surface area contributed by atoms with Crippen LogP contribution < -0.4 is 4.74 Å². The molecule has 0 radical (unpaired) electrons. The van der Waals surface area contributed by atoms with Crippen LogP contribution in [0.4, 0.5) is 8.78 Å². The molecule has 0 fully saturated rings. The summed E-state index contributed by atoms with van der Waals surface area (Å²) >= 11 is 0. The average molecular weight is 342 g/mol. The molecule has 0 saturated carbocycles. The van der Waals surface area contributed by atoms with Crippen LogP contribution in [0.15, 0.2) is 54.6 Å². The fourth-order valence-corrected chi connectivity index (χ4v) is 2.47. The summed E-state index contributed by atoms with van der Waals surface area (Å²) in [6, 6.07) is 10.1. The zero-order valence-corrected chi connectivity index (χ0v) is 14.3. The Morgan fingerprint density at radius 2 is 1.80 bits per heavy atom. The monoisotopic (exact) mass is 342 g/mol. The van der Waals surface area contributed by atoms with E-state index in [4.69, 9.17) is 4.74 Å². The van der Waals surface area contributed by atoms with Crippen LogP contribution in [0.5, 0.6) is 5.75 Å². The van der Waals surface area contributed by atoms with Gasteiger partial charge in [-0.3, -0.25) is 0 Å². The Labute approximate surface area is 146 Å². The van der Waals surface area contributed by atoms with Gasteiger partial charge in [0.15, 0.2) is 11.6 Å². The first kappa shape index (κ1) is 18.6. The van der Waals surface area contributed by atoms with Crippen LogP contribution in [0, 0.1) is 11.6 Å². The summed E-state index contributed by atoms with van der Waals surface area (Å²) < 4.78 is 33.4. The first-order valence-corrected chi connectivity index (χ1v) is 8.10. The quantitative estimate of drug-likeness (QED) is 0.485. The first-order chi connectivity index (χ1) is 12.1. The molecule has 0 spiro atoms. The van der Waals surface area contributed by atoms with E-state index in [0.29, 0.717) is 12.0 Å². The van der Waals surface area contributed by atoms with E-state index in [9.17, 15) is 13.6 Å². The van der Waals surface area contributed by atoms with Crippen LogP contribution >= 0.6 is 0 Å². The second-order valence-electron chi connectivity index (χ2n) is 5.30. The topological polar surface area (TPSA) is 26.3 Å². The molecular weight excluding hydrogens is 322 g/mol. The second kappa shape index (κ2) is 8.92. The summed E-state index contributed by atoms with van der Waals surface area (Å²) in [5, 5.41) is 0. The average Bonchev–Trinajstić information content (AvgIpc) is 2.63. The number of hydrogen-bond donors (Lipinski definition) is 0. The van der Waals surface area contributed by atoms with Crippen molar-refractivity contribution in [2.75, 3.05) is 6.61 Å². The standard InChI is InChI=1S/C21H20F2O2/c1-3-15(7-5-6-14-24)16-8-10-17(11-9-16)18-12-13-19(25-4-2)21(23)20(18)22/h3,5,7-14H,4,6H2,1-2H3/b7-5-,15-3+. The minimum absolute atomic E-state index is 0.0862. The number of aldehydes is 1. The number of hydrogen-bond acceptors (Lipinski definition) is 2. The Morgan fingerprint density at radius 1 is 1.08 bits per heavy atom. The largest absolute Gasteiger partial charge is 0.491 e. The van der Waals surface area contributed by atoms with E-state index in [1.165, 1.54) is 12.1 Å². The van der Waals surface area contributed by atoms with Gasteiger partial charge < -0.3 is 9.53 Å². The van der Waals surface area contributed by atoms with Crippen molar-refractivity contribution in [3.05, 3.63) is 71.8 Å². The lowest BCUT2D eigenvalue weighted by Crippen LogP contribution is -1.98. The van der Waals surface area contributed by atoms with E-state index < -0.39 is 11.6 Å². The predicted molar refractivity (Wildman–Crippen MR) is 96.4 cm³/mol. The van der Waals surface area contributed by atoms with Crippen molar-refractivity contribution < 1.29 is 18.3 Å². The number of ether oxygens (including phenoxy) is 1. The third-order valence-electron chi connectivity index (χ3n) is 3.72. The van der Waals surface area contributed by atoms with Gasteiger partial charge in [0.1, 0.15) is 6.29 Å². The molecule has 2 rings (SSSR count). The van der Waals surface area contributed by atoms with Crippen molar-refractivity contribution in [3.8, 4) is 16.9 Å². The lowest BCUT2D eigenvalue weighted by atomic mass is 9.99. The highest BCUT2D eigenvalue weighted by Gasteiger charge is 2.15. The summed E-state index contributed by atoms with van der Waals surface area (Å²) in [5.74, 6) is -1.98. The fourth-order valence-electron chi connectivity index (χ4n) is 2.47. The smallest absolute Gasteiger partial charge is 0.201 e. The van der Waals surface area contributed by atoms with Crippen LogP contribution in [0.3, 0.4) is 0 Å². The number of allylic oxidation sites excluding steroid dienone is 4. The van der Waals surface area contributed by atoms with E-state index in [-0.39, 0.29) is 17.9 Å². The van der Waals surface area contributed by atoms with Gasteiger partial charge in [-0.2, -0.15) is 4.39 Å². The number of carbonyl (C=O) groups excluding carboxylic acids is 1. The Kier molecular flexibility index (Phi) is 6.63. The van der Waals surface area contributed by atoms with Gasteiger partial charge in [0.2, 0.25) is 5.82 Å². The summed E-state index contributed by atoms with van der Waals surface area (Å²) in [6.07, 6.45) is 6.74. The van der Waals surface area contributed by atoms with Gasteiger partial charge in [0.25, 0.3) is 0 Å². The molecule has 0 aliphatic heterocycles. The molecule has 0 unspecified atom stereocenters. The summed E-state index contributed by atoms with van der Waals surface area (Å²) in [7, 11) is 0. The zero-order valence-electron chi connectivity index (χ0n) is 14.3. The number of rotatable bonds is 7. The van der Waals surface area contributed by atoms with Crippen molar-refractivity contribution in [2.45, 2.75) is 20.3 Å². The molecule has 0 atom stereocenters. The molecule has 0 aliphatic carbocycles. The van der Waals surface area contributed by atoms with Gasteiger partial charge in [-0.1, -0.05) is 42.5 Å². The maximum atomic E-state index is 14.3. The molecule has 4 heteroatoms. The van der Waals surface area contributed by atoms with Crippen molar-refractivity contribution in [3.63, 3.8) is 0 Å². The summed E-state index contributed by atoms with van der Waals surface area (Å²) in [4.78, 5) is 10.4. The lowest BCUT2D eigenvalue weighted by molar-refractivity contribution is -0.107. The highest BCUT2D eigenvalue weighted by Crippen LogP contribution is 2.30. The molecule has 0 bridgehead atoms. The van der Waals surface area contributed by atoms with Crippen molar-refractivity contribution in [2.24, 2.45) is 0 Å². The van der Waals surface area contributed by atoms with Gasteiger partial charge in [-0.15, -0.1) is 0 Å². The summed E-state index contributed by atoms with van der Waals surface area (Å²) in [6.45, 7) is 3.89. The fraction of sp³-hybridized carbons (Fsp3) is 0.190. The number of halogens is 2. The minimum atomic E-state index is -0.977. The lowest BCUT2D eigenvalue weighted by Gasteiger charge is -2.10. The minimum Gasteiger partial charge on any atom is -0.491 e. The van der Waals surface area contributed by atoms with Gasteiger partial charge in [0.05, 0.1) is 6.61 Å². The molecule has 0 N–H and O–H groups in total. The van der Waals surface area contributed by atoms with E-state index >= 15 is 0 Å². The highest BCUT2D eigenvalue weighted by molar-refractivity contribution is 5.76. The number of carbonyl (C=O) groups is 1. The van der Waals surface area contributed by atoms with Crippen LogP contribution in [0.1, 0.15) is 25.8 Å². The molecule has 130 valence electrons. The third kappa shape index (κ3) is 4.41. The molecule has 0 amide bonds. The molecule has 0 aromatic heterocycles. The van der Waals surface area contributed by atoms with E-state index in [0.717, 1.165) is 17.4 Å². The van der Waals surface area contributed by atoms with Gasteiger partial charge in [-0.25, -0.2) is 4.39 Å². The van der Waals surface area contributed by atoms with Crippen LogP contribution in [-0.4, -0.2) is 12.9 Å². The summed E-state index contributed by atoms with van der Waals surface area (Å²) in [5.41, 5.74) is 2.65. The van der Waals surface area contributed by atoms with Crippen molar-refractivity contribution >= 4 is 11.9 Å². The Bertz CT molecular complexity index is 790. The van der Waals surface area contributed by atoms with Crippen molar-refractivity contribution in [1.82, 2.24) is 0 Å². The zero-order chi connectivity index (χ0) is 18.2. The normalized spacial score (nSPS) is 11.8. The number of benzene rings is 2. The third-order valence-corrected chi connectivity index (χ3v) is 3.72. The predicted octanol–water partition coefficient (Wildman–Crippen LogP) is 5.58. The van der Waals surface area contributed by atoms with Gasteiger partial charge in [0, 0.05) is 12.0 Å². The Hall–Kier alpha value is -2.75. The van der Waals surface area contributed by atoms with Crippen LogP contribution in [0.2, 0.25) is 0 Å². The van der Waals surface area contributed by atoms with E-state index in [2.05, 4.69) is 0 Å². The van der Waals surface area contributed by atoms with E-state index in [1.54, 1.807) is 25.1 Å². The second-order valence-corrected chi connectivity index (χ2v) is 5.30. The molecular formula is C21H20F2O2. The molecule has 0 aliphatic rings. The SMILES string of the molecule is C/C=C(\C=C/CC=O)c1ccc(-c2ccc(OCC)c(F)c2F)cc1. The van der Waals surface area contributed by atoms with E-state index in [1.807, 2.05) is 31.2 Å². The van der Waals surface area contributed by atoms with Gasteiger partial charge in [-0.05, 0) is 42.7 Å². The first-order valence-electron chi connectivity index (χ1n) is 8.10. The maximum Gasteiger partial charge on any atom is 0.201 e. The van der Waals surface area contributed by atoms with Gasteiger partial charge >= 0.3 is 0 Å². The molecule has 2 nitrogen and oxygen atoms in total. The molecule has 0 saturated heterocycles. The van der Waals surface area contributed by atoms with Crippen molar-refractivity contribution in [1.29, 1.82) is 0 Å². The maximum absolute atomic E-state index is 14.3. The molecule has 2 aromatic rings. The highest BCUT2D eigenvalue weighted by atomic mass is 19.2. The van der Waals surface area contributed by atoms with Crippen LogP contribution in [0.25, 0.3) is 16.7 Å². The Balaban J connectivity index is 2.31. The molecule has 2 aromatic carbocycles. The molecule has 0 heterocycles.